The normalized spacial score (nSPS) is 22.0. The third kappa shape index (κ3) is 2.58. The van der Waals surface area contributed by atoms with Crippen LogP contribution in [0.5, 0.6) is 0 Å². The minimum Gasteiger partial charge on any atom is -0.264 e. The van der Waals surface area contributed by atoms with Crippen LogP contribution in [0.15, 0.2) is 18.5 Å². The van der Waals surface area contributed by atoms with E-state index in [-0.39, 0.29) is 6.04 Å². The topological polar surface area (TPSA) is 28.2 Å². The van der Waals surface area contributed by atoms with Gasteiger partial charge in [-0.25, -0.2) is 5.01 Å². The van der Waals surface area contributed by atoms with E-state index in [1.54, 1.807) is 7.05 Å². The second-order valence-electron chi connectivity index (χ2n) is 4.08. The Morgan fingerprint density at radius 1 is 1.41 bits per heavy atom. The Bertz CT molecular complexity index is 392. The molecule has 1 aromatic heterocycles. The van der Waals surface area contributed by atoms with Gasteiger partial charge in [-0.1, -0.05) is 0 Å². The summed E-state index contributed by atoms with van der Waals surface area (Å²) in [6.07, 6.45) is -0.130. The molecule has 0 saturated carbocycles. The zero-order valence-electron chi connectivity index (χ0n) is 9.46. The molecule has 1 aliphatic rings. The first kappa shape index (κ1) is 12.3. The van der Waals surface area contributed by atoms with Crippen LogP contribution in [0.2, 0.25) is 0 Å². The molecular weight excluding hydrogens is 231 g/mol. The van der Waals surface area contributed by atoms with Gasteiger partial charge >= 0.3 is 6.18 Å². The molecule has 1 fully saturated rings. The van der Waals surface area contributed by atoms with Gasteiger partial charge in [-0.05, 0) is 31.5 Å². The monoisotopic (exact) mass is 245 g/mol. The molecule has 2 heterocycles. The van der Waals surface area contributed by atoms with Crippen molar-refractivity contribution in [1.82, 2.24) is 15.4 Å². The van der Waals surface area contributed by atoms with Crippen molar-refractivity contribution >= 4 is 0 Å². The van der Waals surface area contributed by atoms with E-state index in [0.717, 1.165) is 25.6 Å². The number of pyridine rings is 1. The van der Waals surface area contributed by atoms with Gasteiger partial charge in [-0.2, -0.15) is 13.2 Å². The molecule has 1 aromatic rings. The van der Waals surface area contributed by atoms with E-state index < -0.39 is 11.7 Å². The highest BCUT2D eigenvalue weighted by molar-refractivity contribution is 5.24. The van der Waals surface area contributed by atoms with Crippen molar-refractivity contribution in [2.24, 2.45) is 0 Å². The summed E-state index contributed by atoms with van der Waals surface area (Å²) in [7, 11) is 1.78. The Morgan fingerprint density at radius 3 is 2.82 bits per heavy atom. The molecule has 6 heteroatoms. The van der Waals surface area contributed by atoms with Crippen molar-refractivity contribution in [1.29, 1.82) is 0 Å². The Balaban J connectivity index is 2.27. The van der Waals surface area contributed by atoms with Crippen LogP contribution in [0.4, 0.5) is 13.2 Å². The summed E-state index contributed by atoms with van der Waals surface area (Å²) in [6, 6.07) is 1.17. The van der Waals surface area contributed by atoms with Crippen LogP contribution in [0.25, 0.3) is 0 Å². The van der Waals surface area contributed by atoms with E-state index >= 15 is 0 Å². The number of hydrogen-bond acceptors (Lipinski definition) is 3. The van der Waals surface area contributed by atoms with Crippen LogP contribution < -0.4 is 5.43 Å². The smallest absolute Gasteiger partial charge is 0.264 e. The molecule has 0 amide bonds. The van der Waals surface area contributed by atoms with Gasteiger partial charge in [-0.15, -0.1) is 0 Å². The molecule has 1 atom stereocenters. The summed E-state index contributed by atoms with van der Waals surface area (Å²) in [6.45, 7) is 0.845. The molecule has 0 radical (unpaired) electrons. The van der Waals surface area contributed by atoms with Crippen molar-refractivity contribution in [2.45, 2.75) is 25.1 Å². The first-order valence-corrected chi connectivity index (χ1v) is 5.48. The largest absolute Gasteiger partial charge is 0.417 e. The van der Waals surface area contributed by atoms with E-state index in [0.29, 0.717) is 5.56 Å². The maximum atomic E-state index is 12.6. The quantitative estimate of drug-likeness (QED) is 0.867. The third-order valence-electron chi connectivity index (χ3n) is 3.01. The van der Waals surface area contributed by atoms with Gasteiger partial charge < -0.3 is 0 Å². The van der Waals surface area contributed by atoms with Gasteiger partial charge in [0.2, 0.25) is 0 Å². The fourth-order valence-electron chi connectivity index (χ4n) is 2.18. The van der Waals surface area contributed by atoms with Crippen molar-refractivity contribution in [3.05, 3.63) is 29.6 Å². The summed E-state index contributed by atoms with van der Waals surface area (Å²) in [5.41, 5.74) is 2.93. The predicted octanol–water partition coefficient (Wildman–Crippen LogP) is 2.37. The van der Waals surface area contributed by atoms with Crippen molar-refractivity contribution < 1.29 is 13.2 Å². The van der Waals surface area contributed by atoms with Gasteiger partial charge in [0.1, 0.15) is 0 Å². The van der Waals surface area contributed by atoms with Gasteiger partial charge in [0.25, 0.3) is 0 Å². The van der Waals surface area contributed by atoms with Crippen molar-refractivity contribution in [3.63, 3.8) is 0 Å². The van der Waals surface area contributed by atoms with Crippen molar-refractivity contribution in [3.8, 4) is 0 Å². The Labute approximate surface area is 97.6 Å². The second kappa shape index (κ2) is 4.62. The molecule has 0 spiro atoms. The number of aromatic nitrogens is 1. The highest BCUT2D eigenvalue weighted by Crippen LogP contribution is 2.34. The van der Waals surface area contributed by atoms with Gasteiger partial charge in [0, 0.05) is 18.9 Å². The maximum absolute atomic E-state index is 12.6. The van der Waals surface area contributed by atoms with Crippen molar-refractivity contribution in [2.75, 3.05) is 13.6 Å². The first-order valence-electron chi connectivity index (χ1n) is 5.48. The molecule has 1 unspecified atom stereocenters. The number of nitrogens with one attached hydrogen (secondary N) is 1. The number of hydrazine groups is 1. The first-order chi connectivity index (χ1) is 8.02. The molecule has 17 heavy (non-hydrogen) atoms. The summed E-state index contributed by atoms with van der Waals surface area (Å²) >= 11 is 0. The van der Waals surface area contributed by atoms with E-state index in [1.165, 1.54) is 12.3 Å². The van der Waals surface area contributed by atoms with Crippen LogP contribution in [-0.4, -0.2) is 23.6 Å². The van der Waals surface area contributed by atoms with Crippen LogP contribution in [0.3, 0.4) is 0 Å². The molecule has 3 nitrogen and oxygen atoms in total. The summed E-state index contributed by atoms with van der Waals surface area (Å²) < 4.78 is 37.7. The van der Waals surface area contributed by atoms with Gasteiger partial charge in [-0.3, -0.25) is 10.4 Å². The summed E-state index contributed by atoms with van der Waals surface area (Å²) in [5, 5.41) is 1.94. The fraction of sp³-hybridized carbons (Fsp3) is 0.545. The summed E-state index contributed by atoms with van der Waals surface area (Å²) in [5.74, 6) is 0. The summed E-state index contributed by atoms with van der Waals surface area (Å²) in [4.78, 5) is 3.69. The van der Waals surface area contributed by atoms with Crippen LogP contribution in [0.1, 0.15) is 30.0 Å². The lowest BCUT2D eigenvalue weighted by Crippen LogP contribution is -2.34. The molecular formula is C11H14F3N3. The lowest BCUT2D eigenvalue weighted by Gasteiger charge is -2.23. The lowest BCUT2D eigenvalue weighted by atomic mass is 10.1. The maximum Gasteiger partial charge on any atom is 0.417 e. The Morgan fingerprint density at radius 2 is 2.18 bits per heavy atom. The third-order valence-corrected chi connectivity index (χ3v) is 3.01. The number of alkyl halides is 3. The predicted molar refractivity (Wildman–Crippen MR) is 57.0 cm³/mol. The van der Waals surface area contributed by atoms with E-state index in [1.807, 2.05) is 5.01 Å². The highest BCUT2D eigenvalue weighted by Gasteiger charge is 2.33. The van der Waals surface area contributed by atoms with Gasteiger partial charge in [0.15, 0.2) is 0 Å². The Hall–Kier alpha value is -1.14. The molecule has 0 aromatic carbocycles. The average molecular weight is 245 g/mol. The number of halogens is 3. The molecule has 0 bridgehead atoms. The molecule has 1 N–H and O–H groups in total. The fourth-order valence-corrected chi connectivity index (χ4v) is 2.18. The van der Waals surface area contributed by atoms with Crippen LogP contribution in [-0.2, 0) is 6.18 Å². The molecule has 1 aliphatic heterocycles. The molecule has 94 valence electrons. The lowest BCUT2D eigenvalue weighted by molar-refractivity contribution is -0.137. The SMILES string of the molecule is CNN1CCCC1c1cncc(C(F)(F)F)c1. The van der Waals surface area contributed by atoms with Crippen LogP contribution >= 0.6 is 0 Å². The Kier molecular flexibility index (Phi) is 3.35. The number of nitrogens with zero attached hydrogens (tertiary/aromatic N) is 2. The molecule has 0 aliphatic carbocycles. The molecule has 1 saturated heterocycles. The highest BCUT2D eigenvalue weighted by atomic mass is 19.4. The van der Waals surface area contributed by atoms with E-state index in [2.05, 4.69) is 10.4 Å². The standard InChI is InChI=1S/C11H14F3N3/c1-15-17-4-2-3-10(17)8-5-9(7-16-6-8)11(12,13)14/h5-7,10,15H,2-4H2,1H3. The average Bonchev–Trinajstić information content (AvgIpc) is 2.76. The van der Waals surface area contributed by atoms with Crippen LogP contribution in [0, 0.1) is 0 Å². The zero-order valence-corrected chi connectivity index (χ0v) is 9.46. The van der Waals surface area contributed by atoms with E-state index in [9.17, 15) is 13.2 Å². The number of rotatable bonds is 2. The molecule has 2 rings (SSSR count). The number of hydrogen-bond donors (Lipinski definition) is 1. The van der Waals surface area contributed by atoms with E-state index in [4.69, 9.17) is 0 Å². The van der Waals surface area contributed by atoms with Gasteiger partial charge in [0.05, 0.1) is 11.6 Å². The second-order valence-corrected chi connectivity index (χ2v) is 4.08. The minimum atomic E-state index is -4.33. The zero-order chi connectivity index (χ0) is 12.5. The minimum absolute atomic E-state index is 0.0187.